The van der Waals surface area contributed by atoms with E-state index in [2.05, 4.69) is 54.8 Å². The van der Waals surface area contributed by atoms with Gasteiger partial charge >= 0.3 is 19.8 Å². The summed E-state index contributed by atoms with van der Waals surface area (Å²) in [6.07, 6.45) is 39.2. The van der Waals surface area contributed by atoms with Gasteiger partial charge in [-0.25, -0.2) is 4.57 Å². The summed E-state index contributed by atoms with van der Waals surface area (Å²) in [5.41, 5.74) is 5.33. The number of carboxylic acid groups (broad SMARTS) is 1. The van der Waals surface area contributed by atoms with Crippen molar-refractivity contribution < 1.29 is 42.7 Å². The SMILES string of the molecule is CCCCCCC/C=C\C/C=C\C/C=C\CCCCCCCCC(=O)OC(COCCCCCCCCCC)COP(=O)(O)OCC(N)C(=O)O. The van der Waals surface area contributed by atoms with Crippen molar-refractivity contribution in [1.29, 1.82) is 0 Å². The molecule has 3 atom stereocenters. The summed E-state index contributed by atoms with van der Waals surface area (Å²) >= 11 is 0. The molecule has 0 saturated carbocycles. The normalized spacial score (nSPS) is 14.4. The van der Waals surface area contributed by atoms with Gasteiger partial charge in [0, 0.05) is 13.0 Å². The first-order chi connectivity index (χ1) is 24.7. The van der Waals surface area contributed by atoms with Crippen LogP contribution >= 0.6 is 7.82 Å². The van der Waals surface area contributed by atoms with Crippen molar-refractivity contribution in [1.82, 2.24) is 0 Å². The third-order valence-corrected chi connectivity index (χ3v) is 9.37. The molecule has 3 unspecified atom stereocenters. The van der Waals surface area contributed by atoms with E-state index in [0.29, 0.717) is 13.0 Å². The highest BCUT2D eigenvalue weighted by atomic mass is 31.2. The van der Waals surface area contributed by atoms with Crippen LogP contribution in [0.1, 0.15) is 168 Å². The van der Waals surface area contributed by atoms with Crippen LogP contribution < -0.4 is 5.73 Å². The number of allylic oxidation sites excluding steroid dienone is 6. The highest BCUT2D eigenvalue weighted by molar-refractivity contribution is 7.47. The summed E-state index contributed by atoms with van der Waals surface area (Å²) in [4.78, 5) is 33.4. The lowest BCUT2D eigenvalue weighted by atomic mass is 10.1. The summed E-state index contributed by atoms with van der Waals surface area (Å²) in [6, 6.07) is -1.47. The first-order valence-electron chi connectivity index (χ1n) is 20.0. The first-order valence-corrected chi connectivity index (χ1v) is 21.5. The van der Waals surface area contributed by atoms with Gasteiger partial charge in [0.2, 0.25) is 0 Å². The van der Waals surface area contributed by atoms with Gasteiger partial charge in [0.1, 0.15) is 12.1 Å². The minimum Gasteiger partial charge on any atom is -0.480 e. The van der Waals surface area contributed by atoms with Crippen LogP contribution in [-0.2, 0) is 32.7 Å². The summed E-state index contributed by atoms with van der Waals surface area (Å²) in [7, 11) is -4.61. The number of hydrogen-bond donors (Lipinski definition) is 3. The van der Waals surface area contributed by atoms with E-state index in [-0.39, 0.29) is 13.0 Å². The lowest BCUT2D eigenvalue weighted by Gasteiger charge is -2.20. The maximum Gasteiger partial charge on any atom is 0.472 e. The number of phosphoric ester groups is 1. The van der Waals surface area contributed by atoms with Crippen molar-refractivity contribution in [3.63, 3.8) is 0 Å². The fraction of sp³-hybridized carbons (Fsp3) is 0.800. The quantitative estimate of drug-likeness (QED) is 0.0241. The van der Waals surface area contributed by atoms with Gasteiger partial charge in [0.15, 0.2) is 0 Å². The van der Waals surface area contributed by atoms with Gasteiger partial charge in [-0.3, -0.25) is 18.6 Å². The number of hydrogen-bond acceptors (Lipinski definition) is 8. The topological polar surface area (TPSA) is 155 Å². The van der Waals surface area contributed by atoms with Gasteiger partial charge in [-0.1, -0.05) is 147 Å². The Hall–Kier alpha value is -1.81. The predicted molar refractivity (Wildman–Crippen MR) is 208 cm³/mol. The highest BCUT2D eigenvalue weighted by Gasteiger charge is 2.27. The summed E-state index contributed by atoms with van der Waals surface area (Å²) < 4.78 is 33.1. The molecule has 0 aromatic rings. The lowest BCUT2D eigenvalue weighted by molar-refractivity contribution is -0.154. The molecular formula is C40H74NO9P. The van der Waals surface area contributed by atoms with E-state index in [9.17, 15) is 19.0 Å². The molecule has 0 aromatic heterocycles. The van der Waals surface area contributed by atoms with Crippen molar-refractivity contribution in [2.45, 2.75) is 180 Å². The van der Waals surface area contributed by atoms with E-state index >= 15 is 0 Å². The Morgan fingerprint density at radius 3 is 1.61 bits per heavy atom. The molecule has 0 saturated heterocycles. The fourth-order valence-electron chi connectivity index (χ4n) is 5.26. The van der Waals surface area contributed by atoms with Gasteiger partial charge in [0.05, 0.1) is 19.8 Å². The standard InChI is InChI=1S/C40H74NO9P/c1-3-5-7-9-11-13-14-15-16-17-18-19-20-21-22-23-24-25-26-28-30-32-39(42)50-37(34-47-33-31-29-27-12-10-8-6-4-2)35-48-51(45,46)49-36-38(41)40(43)44/h14-15,17-18,20-21,37-38H,3-13,16,19,22-36,41H2,1-2H3,(H,43,44)(H,45,46)/b15-14-,18-17-,21-20-. The van der Waals surface area contributed by atoms with Crippen LogP contribution in [0, 0.1) is 0 Å². The van der Waals surface area contributed by atoms with Crippen LogP contribution in [0.25, 0.3) is 0 Å². The Morgan fingerprint density at radius 1 is 0.627 bits per heavy atom. The van der Waals surface area contributed by atoms with Crippen LogP contribution in [0.4, 0.5) is 0 Å². The Labute approximate surface area is 310 Å². The molecule has 298 valence electrons. The minimum absolute atomic E-state index is 0.0122. The molecule has 51 heavy (non-hydrogen) atoms. The summed E-state index contributed by atoms with van der Waals surface area (Å²) in [5.74, 6) is -1.79. The molecule has 0 spiro atoms. The zero-order chi connectivity index (χ0) is 37.7. The van der Waals surface area contributed by atoms with Crippen molar-refractivity contribution in [2.75, 3.05) is 26.4 Å². The molecule has 0 aliphatic heterocycles. The van der Waals surface area contributed by atoms with Gasteiger partial charge in [-0.15, -0.1) is 0 Å². The number of unbranched alkanes of at least 4 members (excludes halogenated alkanes) is 18. The van der Waals surface area contributed by atoms with Gasteiger partial charge in [0.25, 0.3) is 0 Å². The molecule has 0 fully saturated rings. The van der Waals surface area contributed by atoms with Crippen LogP contribution in [0.15, 0.2) is 36.5 Å². The average Bonchev–Trinajstić information content (AvgIpc) is 3.10. The lowest BCUT2D eigenvalue weighted by Crippen LogP contribution is -2.34. The third-order valence-electron chi connectivity index (χ3n) is 8.42. The van der Waals surface area contributed by atoms with Crippen molar-refractivity contribution in [2.24, 2.45) is 5.73 Å². The Kier molecular flexibility index (Phi) is 35.2. The molecule has 0 radical (unpaired) electrons. The van der Waals surface area contributed by atoms with Gasteiger partial charge in [-0.2, -0.15) is 0 Å². The molecular weight excluding hydrogens is 669 g/mol. The van der Waals surface area contributed by atoms with E-state index in [1.807, 2.05) is 0 Å². The van der Waals surface area contributed by atoms with Crippen LogP contribution in [-0.4, -0.2) is 60.5 Å². The maximum atomic E-state index is 12.6. The average molecular weight is 744 g/mol. The second-order valence-corrected chi connectivity index (χ2v) is 14.9. The number of rotatable bonds is 38. The molecule has 0 heterocycles. The summed E-state index contributed by atoms with van der Waals surface area (Å²) in [5, 5.41) is 8.85. The summed E-state index contributed by atoms with van der Waals surface area (Å²) in [6.45, 7) is 3.81. The Morgan fingerprint density at radius 2 is 1.08 bits per heavy atom. The van der Waals surface area contributed by atoms with Crippen LogP contribution in [0.3, 0.4) is 0 Å². The molecule has 11 heteroatoms. The number of carboxylic acids is 1. The molecule has 4 N–H and O–H groups in total. The van der Waals surface area contributed by atoms with Crippen molar-refractivity contribution in [3.8, 4) is 0 Å². The Bertz CT molecular complexity index is 956. The molecule has 0 rings (SSSR count). The number of phosphoric acid groups is 1. The number of aliphatic carboxylic acids is 1. The zero-order valence-corrected chi connectivity index (χ0v) is 33.1. The number of carbonyl (C=O) groups is 2. The molecule has 0 aliphatic rings. The smallest absolute Gasteiger partial charge is 0.472 e. The number of ether oxygens (including phenoxy) is 2. The largest absolute Gasteiger partial charge is 0.480 e. The number of nitrogens with two attached hydrogens (primary N) is 1. The number of esters is 1. The molecule has 0 amide bonds. The van der Waals surface area contributed by atoms with Gasteiger partial charge in [-0.05, 0) is 51.4 Å². The Balaban J connectivity index is 4.20. The van der Waals surface area contributed by atoms with Crippen molar-refractivity contribution >= 4 is 19.8 Å². The molecule has 0 aromatic carbocycles. The predicted octanol–water partition coefficient (Wildman–Crippen LogP) is 10.5. The van der Waals surface area contributed by atoms with E-state index in [0.717, 1.165) is 70.6 Å². The second-order valence-electron chi connectivity index (χ2n) is 13.4. The monoisotopic (exact) mass is 744 g/mol. The molecule has 10 nitrogen and oxygen atoms in total. The zero-order valence-electron chi connectivity index (χ0n) is 32.2. The van der Waals surface area contributed by atoms with Gasteiger partial charge < -0.3 is 25.2 Å². The van der Waals surface area contributed by atoms with Crippen molar-refractivity contribution in [3.05, 3.63) is 36.5 Å². The third kappa shape index (κ3) is 36.3. The maximum absolute atomic E-state index is 12.6. The molecule has 0 bridgehead atoms. The van der Waals surface area contributed by atoms with E-state index in [4.69, 9.17) is 24.8 Å². The van der Waals surface area contributed by atoms with E-state index < -0.39 is 45.1 Å². The second kappa shape index (κ2) is 36.5. The molecule has 0 aliphatic carbocycles. The van der Waals surface area contributed by atoms with E-state index in [1.165, 1.54) is 70.6 Å². The first kappa shape index (κ1) is 49.2. The van der Waals surface area contributed by atoms with Crippen LogP contribution in [0.2, 0.25) is 0 Å². The fourth-order valence-corrected chi connectivity index (χ4v) is 6.03. The van der Waals surface area contributed by atoms with E-state index in [1.54, 1.807) is 0 Å². The number of carbonyl (C=O) groups excluding carboxylic acids is 1. The highest BCUT2D eigenvalue weighted by Crippen LogP contribution is 2.43. The minimum atomic E-state index is -4.61. The van der Waals surface area contributed by atoms with Crippen LogP contribution in [0.5, 0.6) is 0 Å².